The third kappa shape index (κ3) is 2.01. The third-order valence-electron chi connectivity index (χ3n) is 3.36. The van der Waals surface area contributed by atoms with Crippen LogP contribution in [0.3, 0.4) is 0 Å². The second-order valence-electron chi connectivity index (χ2n) is 4.46. The summed E-state index contributed by atoms with van der Waals surface area (Å²) < 4.78 is 5.79. The minimum absolute atomic E-state index is 0.0100. The molecular formula is C10H16N4O3. The molecular weight excluding hydrogens is 224 g/mol. The summed E-state index contributed by atoms with van der Waals surface area (Å²) in [6.45, 7) is 1.04. The molecule has 0 aromatic carbocycles. The van der Waals surface area contributed by atoms with Gasteiger partial charge in [-0.25, -0.2) is 9.88 Å². The van der Waals surface area contributed by atoms with Crippen molar-refractivity contribution < 1.29 is 14.9 Å². The monoisotopic (exact) mass is 240 g/mol. The van der Waals surface area contributed by atoms with Crippen molar-refractivity contribution in [2.75, 3.05) is 13.2 Å². The normalized spacial score (nSPS) is 39.5. The maximum Gasteiger partial charge on any atom is 0.149 e. The van der Waals surface area contributed by atoms with Gasteiger partial charge in [0.05, 0.1) is 18.8 Å². The standard InChI is InChI=1S/C10H16N4O3/c15-16-4-7-1-2-9(17-7)14-6-13-8-3-11-5-12-10(8)14/h5-10,15H,1-4H2,(H,11,12)/t7-,8?,9+,10?/m0/s1. The van der Waals surface area contributed by atoms with E-state index in [-0.39, 0.29) is 31.1 Å². The first kappa shape index (κ1) is 10.9. The molecule has 7 heteroatoms. The first-order valence-corrected chi connectivity index (χ1v) is 5.86. The van der Waals surface area contributed by atoms with Crippen LogP contribution in [0.25, 0.3) is 0 Å². The van der Waals surface area contributed by atoms with E-state index in [1.807, 2.05) is 6.34 Å². The van der Waals surface area contributed by atoms with E-state index < -0.39 is 0 Å². The highest BCUT2D eigenvalue weighted by Crippen LogP contribution is 2.28. The summed E-state index contributed by atoms with van der Waals surface area (Å²) in [7, 11) is 0. The lowest BCUT2D eigenvalue weighted by molar-refractivity contribution is -0.260. The summed E-state index contributed by atoms with van der Waals surface area (Å²) in [5.41, 5.74) is 0. The minimum Gasteiger partial charge on any atom is -0.374 e. The fourth-order valence-corrected chi connectivity index (χ4v) is 2.50. The van der Waals surface area contributed by atoms with Crippen molar-refractivity contribution in [3.63, 3.8) is 0 Å². The Morgan fingerprint density at radius 3 is 3.29 bits per heavy atom. The zero-order chi connectivity index (χ0) is 11.7. The van der Waals surface area contributed by atoms with Crippen LogP contribution < -0.4 is 5.32 Å². The van der Waals surface area contributed by atoms with Crippen molar-refractivity contribution in [3.05, 3.63) is 0 Å². The maximum absolute atomic E-state index is 8.41. The van der Waals surface area contributed by atoms with Gasteiger partial charge in [0.15, 0.2) is 0 Å². The predicted octanol–water partition coefficient (Wildman–Crippen LogP) is -0.349. The van der Waals surface area contributed by atoms with E-state index in [2.05, 4.69) is 25.1 Å². The molecule has 3 aliphatic rings. The van der Waals surface area contributed by atoms with E-state index in [1.165, 1.54) is 0 Å². The molecule has 1 fully saturated rings. The van der Waals surface area contributed by atoms with Gasteiger partial charge in [0.25, 0.3) is 0 Å². The van der Waals surface area contributed by atoms with Crippen LogP contribution in [0.5, 0.6) is 0 Å². The van der Waals surface area contributed by atoms with E-state index in [0.717, 1.165) is 19.4 Å². The van der Waals surface area contributed by atoms with Gasteiger partial charge in [0, 0.05) is 6.54 Å². The van der Waals surface area contributed by atoms with Gasteiger partial charge in [-0.2, -0.15) is 0 Å². The number of rotatable bonds is 3. The average molecular weight is 240 g/mol. The van der Waals surface area contributed by atoms with Crippen molar-refractivity contribution in [1.29, 1.82) is 0 Å². The Morgan fingerprint density at radius 2 is 2.41 bits per heavy atom. The molecule has 1 saturated heterocycles. The molecule has 3 rings (SSSR count). The summed E-state index contributed by atoms with van der Waals surface area (Å²) in [5, 5.41) is 11.5. The third-order valence-corrected chi connectivity index (χ3v) is 3.36. The summed E-state index contributed by atoms with van der Waals surface area (Å²) in [6, 6.07) is 0.178. The van der Waals surface area contributed by atoms with E-state index in [4.69, 9.17) is 9.99 Å². The Hall–Kier alpha value is -1.18. The number of ether oxygens (including phenoxy) is 1. The molecule has 4 atom stereocenters. The lowest BCUT2D eigenvalue weighted by Crippen LogP contribution is -2.47. The van der Waals surface area contributed by atoms with Crippen molar-refractivity contribution in [2.24, 2.45) is 9.98 Å². The van der Waals surface area contributed by atoms with Gasteiger partial charge in [-0.15, -0.1) is 0 Å². The van der Waals surface area contributed by atoms with Crippen molar-refractivity contribution >= 4 is 12.7 Å². The fraction of sp³-hybridized carbons (Fsp3) is 0.800. The number of hydrogen-bond acceptors (Lipinski definition) is 7. The number of hydrogen-bond donors (Lipinski definition) is 2. The molecule has 7 nitrogen and oxygen atoms in total. The van der Waals surface area contributed by atoms with Crippen molar-refractivity contribution in [2.45, 2.75) is 37.4 Å². The van der Waals surface area contributed by atoms with Gasteiger partial charge in [0.2, 0.25) is 0 Å². The molecule has 0 bridgehead atoms. The molecule has 0 radical (unpaired) electrons. The van der Waals surface area contributed by atoms with Crippen LogP contribution >= 0.6 is 0 Å². The van der Waals surface area contributed by atoms with Crippen LogP contribution in [0.15, 0.2) is 9.98 Å². The largest absolute Gasteiger partial charge is 0.374 e. The van der Waals surface area contributed by atoms with Gasteiger partial charge in [-0.3, -0.25) is 10.2 Å². The first-order chi connectivity index (χ1) is 8.38. The molecule has 2 N–H and O–H groups in total. The van der Waals surface area contributed by atoms with E-state index >= 15 is 0 Å². The molecule has 2 unspecified atom stereocenters. The van der Waals surface area contributed by atoms with Gasteiger partial charge >= 0.3 is 0 Å². The van der Waals surface area contributed by atoms with Crippen LogP contribution in [0.2, 0.25) is 0 Å². The summed E-state index contributed by atoms with van der Waals surface area (Å²) in [6.07, 6.45) is 5.35. The number of nitrogens with zero attached hydrogens (tertiary/aromatic N) is 3. The highest BCUT2D eigenvalue weighted by molar-refractivity contribution is 5.63. The van der Waals surface area contributed by atoms with Gasteiger partial charge < -0.3 is 15.0 Å². The number of nitrogens with one attached hydrogen (secondary N) is 1. The topological polar surface area (TPSA) is 78.7 Å². The van der Waals surface area contributed by atoms with Crippen LogP contribution in [-0.4, -0.2) is 60.5 Å². The smallest absolute Gasteiger partial charge is 0.149 e. The van der Waals surface area contributed by atoms with Crippen LogP contribution in [0.4, 0.5) is 0 Å². The van der Waals surface area contributed by atoms with Crippen molar-refractivity contribution in [1.82, 2.24) is 10.2 Å². The zero-order valence-electron chi connectivity index (χ0n) is 9.40. The molecule has 0 saturated carbocycles. The predicted molar refractivity (Wildman–Crippen MR) is 60.9 cm³/mol. The highest BCUT2D eigenvalue weighted by Gasteiger charge is 2.39. The van der Waals surface area contributed by atoms with Crippen molar-refractivity contribution in [3.8, 4) is 0 Å². The van der Waals surface area contributed by atoms with Crippen LogP contribution in [0, 0.1) is 0 Å². The van der Waals surface area contributed by atoms with Gasteiger partial charge in [0.1, 0.15) is 25.0 Å². The average Bonchev–Trinajstić information content (AvgIpc) is 2.95. The molecule has 0 aromatic heterocycles. The molecule has 0 spiro atoms. The summed E-state index contributed by atoms with van der Waals surface area (Å²) in [5.74, 6) is 0. The van der Waals surface area contributed by atoms with E-state index in [1.54, 1.807) is 6.34 Å². The Balaban J connectivity index is 1.64. The van der Waals surface area contributed by atoms with E-state index in [0.29, 0.717) is 0 Å². The molecule has 0 aliphatic carbocycles. The van der Waals surface area contributed by atoms with Crippen LogP contribution in [0.1, 0.15) is 12.8 Å². The quantitative estimate of drug-likeness (QED) is 0.521. The molecule has 0 aromatic rings. The molecule has 0 amide bonds. The first-order valence-electron chi connectivity index (χ1n) is 5.86. The number of fused-ring (bicyclic) bond motifs is 1. The fourth-order valence-electron chi connectivity index (χ4n) is 2.50. The minimum atomic E-state index is -0.0388. The Bertz CT molecular complexity index is 336. The molecule has 3 heterocycles. The summed E-state index contributed by atoms with van der Waals surface area (Å²) >= 11 is 0. The van der Waals surface area contributed by atoms with Gasteiger partial charge in [-0.05, 0) is 12.8 Å². The van der Waals surface area contributed by atoms with Gasteiger partial charge in [-0.1, -0.05) is 0 Å². The Morgan fingerprint density at radius 1 is 1.47 bits per heavy atom. The molecule has 94 valence electrons. The Labute approximate surface area is 99.1 Å². The Kier molecular flexibility index (Phi) is 2.96. The molecule has 17 heavy (non-hydrogen) atoms. The second kappa shape index (κ2) is 4.59. The number of aliphatic imine (C=N–C) groups is 2. The zero-order valence-corrected chi connectivity index (χ0v) is 9.40. The maximum atomic E-state index is 8.41. The summed E-state index contributed by atoms with van der Waals surface area (Å²) in [4.78, 5) is 15.0. The SMILES string of the molecule is OOC[C@@H]1CC[C@H](N2C=NC3CNC=NC32)O1. The van der Waals surface area contributed by atoms with Crippen LogP contribution in [-0.2, 0) is 9.62 Å². The lowest BCUT2D eigenvalue weighted by atomic mass is 10.2. The van der Waals surface area contributed by atoms with E-state index in [9.17, 15) is 0 Å². The second-order valence-corrected chi connectivity index (χ2v) is 4.46. The lowest BCUT2D eigenvalue weighted by Gasteiger charge is -2.31. The molecule has 3 aliphatic heterocycles. The highest BCUT2D eigenvalue weighted by atomic mass is 17.1.